The Morgan fingerprint density at radius 2 is 1.79 bits per heavy atom. The van der Waals surface area contributed by atoms with Crippen molar-refractivity contribution in [2.24, 2.45) is 0 Å². The molecule has 1 atom stereocenters. The first-order valence-electron chi connectivity index (χ1n) is 10.1. The summed E-state index contributed by atoms with van der Waals surface area (Å²) in [5, 5.41) is 3.13. The van der Waals surface area contributed by atoms with Gasteiger partial charge in [0.25, 0.3) is 5.91 Å². The van der Waals surface area contributed by atoms with Crippen LogP contribution < -0.4 is 5.32 Å². The Hall–Kier alpha value is -2.17. The number of hydrogen-bond acceptors (Lipinski definition) is 3. The van der Waals surface area contributed by atoms with E-state index in [0.29, 0.717) is 5.56 Å². The van der Waals surface area contributed by atoms with Crippen molar-refractivity contribution in [1.29, 1.82) is 0 Å². The molecule has 0 aromatic heterocycles. The van der Waals surface area contributed by atoms with E-state index < -0.39 is 0 Å². The Balaban J connectivity index is 1.63. The van der Waals surface area contributed by atoms with Gasteiger partial charge < -0.3 is 10.1 Å². The molecule has 1 saturated heterocycles. The molecule has 1 aliphatic heterocycles. The van der Waals surface area contributed by atoms with E-state index in [1.165, 1.54) is 5.56 Å². The summed E-state index contributed by atoms with van der Waals surface area (Å²) < 4.78 is 5.41. The minimum Gasteiger partial charge on any atom is -0.379 e. The number of benzene rings is 2. The molecule has 4 nitrogen and oxygen atoms in total. The van der Waals surface area contributed by atoms with Gasteiger partial charge in [0.15, 0.2) is 0 Å². The van der Waals surface area contributed by atoms with E-state index >= 15 is 0 Å². The standard InChI is InChI=1S/C24H32N2O2/c1-18(20-8-10-22(11-9-20)24(2,3)4)25-23(27)21-7-5-6-19(16-21)17-26-12-14-28-15-13-26/h5-11,16,18H,12-15,17H2,1-4H3,(H,25,27)/t18-/m0/s1. The molecule has 1 aliphatic rings. The molecule has 28 heavy (non-hydrogen) atoms. The molecule has 0 aliphatic carbocycles. The lowest BCUT2D eigenvalue weighted by Gasteiger charge is -2.26. The van der Waals surface area contributed by atoms with Crippen LogP contribution in [0.5, 0.6) is 0 Å². The van der Waals surface area contributed by atoms with Crippen molar-refractivity contribution in [3.8, 4) is 0 Å². The molecule has 0 bridgehead atoms. The van der Waals surface area contributed by atoms with Crippen LogP contribution in [0.1, 0.15) is 60.8 Å². The van der Waals surface area contributed by atoms with Crippen molar-refractivity contribution in [3.63, 3.8) is 0 Å². The molecular formula is C24H32N2O2. The van der Waals surface area contributed by atoms with E-state index in [1.807, 2.05) is 25.1 Å². The zero-order valence-electron chi connectivity index (χ0n) is 17.5. The molecule has 0 saturated carbocycles. The average Bonchev–Trinajstić information content (AvgIpc) is 2.68. The Kier molecular flexibility index (Phi) is 6.53. The second-order valence-corrected chi connectivity index (χ2v) is 8.66. The van der Waals surface area contributed by atoms with Crippen molar-refractivity contribution < 1.29 is 9.53 Å². The number of nitrogens with one attached hydrogen (secondary N) is 1. The monoisotopic (exact) mass is 380 g/mol. The molecule has 2 aromatic rings. The number of carbonyl (C=O) groups is 1. The molecule has 1 N–H and O–H groups in total. The molecule has 0 radical (unpaired) electrons. The second kappa shape index (κ2) is 8.89. The Morgan fingerprint density at radius 3 is 2.43 bits per heavy atom. The summed E-state index contributed by atoms with van der Waals surface area (Å²) in [7, 11) is 0. The van der Waals surface area contributed by atoms with Gasteiger partial charge in [-0.25, -0.2) is 0 Å². The van der Waals surface area contributed by atoms with Crippen LogP contribution in [0.4, 0.5) is 0 Å². The molecule has 1 heterocycles. The lowest BCUT2D eigenvalue weighted by molar-refractivity contribution is 0.0342. The fourth-order valence-corrected chi connectivity index (χ4v) is 3.46. The largest absolute Gasteiger partial charge is 0.379 e. The third-order valence-electron chi connectivity index (χ3n) is 5.32. The minimum absolute atomic E-state index is 0.0313. The molecule has 150 valence electrons. The first-order chi connectivity index (χ1) is 13.3. The third kappa shape index (κ3) is 5.43. The summed E-state index contributed by atoms with van der Waals surface area (Å²) in [4.78, 5) is 15.1. The lowest BCUT2D eigenvalue weighted by atomic mass is 9.86. The lowest BCUT2D eigenvalue weighted by Crippen LogP contribution is -2.35. The van der Waals surface area contributed by atoms with Crippen LogP contribution in [-0.4, -0.2) is 37.1 Å². The summed E-state index contributed by atoms with van der Waals surface area (Å²) in [6.07, 6.45) is 0. The highest BCUT2D eigenvalue weighted by Crippen LogP contribution is 2.24. The number of ether oxygens (including phenoxy) is 1. The topological polar surface area (TPSA) is 41.6 Å². The maximum Gasteiger partial charge on any atom is 0.251 e. The van der Waals surface area contributed by atoms with E-state index in [4.69, 9.17) is 4.74 Å². The average molecular weight is 381 g/mol. The third-order valence-corrected chi connectivity index (χ3v) is 5.32. The van der Waals surface area contributed by atoms with Crippen LogP contribution in [-0.2, 0) is 16.7 Å². The number of nitrogens with zero attached hydrogens (tertiary/aromatic N) is 1. The highest BCUT2D eigenvalue weighted by molar-refractivity contribution is 5.94. The summed E-state index contributed by atoms with van der Waals surface area (Å²) in [5.41, 5.74) is 4.42. The zero-order valence-corrected chi connectivity index (χ0v) is 17.5. The molecule has 0 unspecified atom stereocenters. The van der Waals surface area contributed by atoms with E-state index in [0.717, 1.165) is 44.0 Å². The van der Waals surface area contributed by atoms with Crippen molar-refractivity contribution in [1.82, 2.24) is 10.2 Å². The van der Waals surface area contributed by atoms with Crippen molar-refractivity contribution >= 4 is 5.91 Å². The number of carbonyl (C=O) groups excluding carboxylic acids is 1. The second-order valence-electron chi connectivity index (χ2n) is 8.66. The summed E-state index contributed by atoms with van der Waals surface area (Å²) in [6.45, 7) is 13.0. The Bertz CT molecular complexity index is 787. The highest BCUT2D eigenvalue weighted by atomic mass is 16.5. The fourth-order valence-electron chi connectivity index (χ4n) is 3.46. The van der Waals surface area contributed by atoms with E-state index in [-0.39, 0.29) is 17.4 Å². The molecule has 1 amide bonds. The molecule has 3 rings (SSSR count). The molecule has 4 heteroatoms. The SMILES string of the molecule is C[C@H](NC(=O)c1cccc(CN2CCOCC2)c1)c1ccc(C(C)(C)C)cc1. The predicted molar refractivity (Wildman–Crippen MR) is 114 cm³/mol. The van der Waals surface area contributed by atoms with Gasteiger partial charge in [-0.15, -0.1) is 0 Å². The predicted octanol–water partition coefficient (Wildman–Crippen LogP) is 4.31. The first kappa shape index (κ1) is 20.6. The molecule has 0 spiro atoms. The molecular weight excluding hydrogens is 348 g/mol. The molecule has 2 aromatic carbocycles. The minimum atomic E-state index is -0.0376. The number of rotatable bonds is 5. The van der Waals surface area contributed by atoms with Gasteiger partial charge in [0.1, 0.15) is 0 Å². The van der Waals surface area contributed by atoms with Gasteiger partial charge in [-0.05, 0) is 41.2 Å². The zero-order chi connectivity index (χ0) is 20.1. The number of hydrogen-bond donors (Lipinski definition) is 1. The van der Waals surface area contributed by atoms with Gasteiger partial charge in [0.05, 0.1) is 19.3 Å². The van der Waals surface area contributed by atoms with Crippen LogP contribution >= 0.6 is 0 Å². The summed E-state index contributed by atoms with van der Waals surface area (Å²) >= 11 is 0. The van der Waals surface area contributed by atoms with Gasteiger partial charge in [0, 0.05) is 25.2 Å². The first-order valence-corrected chi connectivity index (χ1v) is 10.1. The normalized spacial score (nSPS) is 16.6. The van der Waals surface area contributed by atoms with Gasteiger partial charge in [0.2, 0.25) is 0 Å². The fraction of sp³-hybridized carbons (Fsp3) is 0.458. The van der Waals surface area contributed by atoms with E-state index in [2.05, 4.69) is 61.3 Å². The maximum absolute atomic E-state index is 12.8. The van der Waals surface area contributed by atoms with Gasteiger partial charge in [-0.1, -0.05) is 57.2 Å². The number of morpholine rings is 1. The van der Waals surface area contributed by atoms with Gasteiger partial charge >= 0.3 is 0 Å². The van der Waals surface area contributed by atoms with Crippen molar-refractivity contribution in [2.45, 2.75) is 45.7 Å². The van der Waals surface area contributed by atoms with E-state index in [1.54, 1.807) is 0 Å². The summed E-state index contributed by atoms with van der Waals surface area (Å²) in [6, 6.07) is 16.4. The van der Waals surface area contributed by atoms with Crippen LogP contribution in [0, 0.1) is 0 Å². The highest BCUT2D eigenvalue weighted by Gasteiger charge is 2.16. The Morgan fingerprint density at radius 1 is 1.11 bits per heavy atom. The summed E-state index contributed by atoms with van der Waals surface area (Å²) in [5.74, 6) is -0.0313. The maximum atomic E-state index is 12.8. The van der Waals surface area contributed by atoms with Crippen LogP contribution in [0.2, 0.25) is 0 Å². The van der Waals surface area contributed by atoms with Gasteiger partial charge in [-0.2, -0.15) is 0 Å². The smallest absolute Gasteiger partial charge is 0.251 e. The van der Waals surface area contributed by atoms with Crippen molar-refractivity contribution in [3.05, 3.63) is 70.8 Å². The van der Waals surface area contributed by atoms with Gasteiger partial charge in [-0.3, -0.25) is 9.69 Å². The van der Waals surface area contributed by atoms with Crippen LogP contribution in [0.15, 0.2) is 48.5 Å². The quantitative estimate of drug-likeness (QED) is 0.840. The van der Waals surface area contributed by atoms with Crippen LogP contribution in [0.25, 0.3) is 0 Å². The van der Waals surface area contributed by atoms with E-state index in [9.17, 15) is 4.79 Å². The van der Waals surface area contributed by atoms with Crippen molar-refractivity contribution in [2.75, 3.05) is 26.3 Å². The number of amides is 1. The van der Waals surface area contributed by atoms with Crippen LogP contribution in [0.3, 0.4) is 0 Å². The Labute approximate surface area is 168 Å². The molecule has 1 fully saturated rings.